The molecule has 74 valence electrons. The van der Waals surface area contributed by atoms with Crippen LogP contribution in [0.5, 0.6) is 0 Å². The standard InChI is InChI=1S/C13H17N/c1-5-11(4)13-12(9-10(2)3)7-6-8-14-13/h5-10H,1H2,2-4H3/b12-9-,13-11+. The van der Waals surface area contributed by atoms with Gasteiger partial charge in [-0.25, -0.2) is 0 Å². The molecule has 1 aromatic rings. The minimum atomic E-state index is 0.538. The van der Waals surface area contributed by atoms with Crippen molar-refractivity contribution >= 4 is 11.6 Å². The summed E-state index contributed by atoms with van der Waals surface area (Å²) in [5.41, 5.74) is 1.12. The lowest BCUT2D eigenvalue weighted by atomic mass is 10.1. The van der Waals surface area contributed by atoms with Crippen molar-refractivity contribution in [3.05, 3.63) is 41.6 Å². The lowest BCUT2D eigenvalue weighted by molar-refractivity contribution is 0.879. The molecule has 0 radical (unpaired) electrons. The molecule has 14 heavy (non-hydrogen) atoms. The summed E-state index contributed by atoms with van der Waals surface area (Å²) in [6.07, 6.45) is 5.88. The molecule has 1 heterocycles. The van der Waals surface area contributed by atoms with Crippen molar-refractivity contribution in [1.29, 1.82) is 0 Å². The van der Waals surface area contributed by atoms with Crippen LogP contribution < -0.4 is 10.6 Å². The summed E-state index contributed by atoms with van der Waals surface area (Å²) < 4.78 is 0. The van der Waals surface area contributed by atoms with Crippen molar-refractivity contribution in [1.82, 2.24) is 4.98 Å². The highest BCUT2D eigenvalue weighted by Crippen LogP contribution is 1.91. The van der Waals surface area contributed by atoms with E-state index in [0.29, 0.717) is 5.92 Å². The number of pyridine rings is 1. The molecule has 0 N–H and O–H groups in total. The van der Waals surface area contributed by atoms with Gasteiger partial charge in [-0.3, -0.25) is 4.98 Å². The van der Waals surface area contributed by atoms with E-state index in [9.17, 15) is 0 Å². The summed E-state index contributed by atoms with van der Waals surface area (Å²) in [6, 6.07) is 4.06. The van der Waals surface area contributed by atoms with Crippen molar-refractivity contribution in [3.8, 4) is 0 Å². The fraction of sp³-hybridized carbons (Fsp3) is 0.308. The largest absolute Gasteiger partial charge is 0.256 e. The van der Waals surface area contributed by atoms with Gasteiger partial charge in [-0.2, -0.15) is 0 Å². The van der Waals surface area contributed by atoms with E-state index in [1.54, 1.807) is 0 Å². The van der Waals surface area contributed by atoms with Crippen LogP contribution in [0.1, 0.15) is 20.8 Å². The van der Waals surface area contributed by atoms with Crippen LogP contribution in [0.4, 0.5) is 0 Å². The molecule has 1 nitrogen and oxygen atoms in total. The maximum Gasteiger partial charge on any atom is 0.0727 e. The maximum absolute atomic E-state index is 4.36. The highest BCUT2D eigenvalue weighted by atomic mass is 14.6. The predicted molar refractivity (Wildman–Crippen MR) is 62.1 cm³/mol. The molecule has 0 aromatic carbocycles. The zero-order chi connectivity index (χ0) is 10.6. The average molecular weight is 187 g/mol. The summed E-state index contributed by atoms with van der Waals surface area (Å²) >= 11 is 0. The van der Waals surface area contributed by atoms with Crippen molar-refractivity contribution in [2.24, 2.45) is 5.92 Å². The van der Waals surface area contributed by atoms with Gasteiger partial charge < -0.3 is 0 Å². The normalized spacial score (nSPS) is 14.4. The van der Waals surface area contributed by atoms with Gasteiger partial charge in [0.15, 0.2) is 0 Å². The van der Waals surface area contributed by atoms with E-state index < -0.39 is 0 Å². The third kappa shape index (κ3) is 2.56. The molecule has 0 unspecified atom stereocenters. The van der Waals surface area contributed by atoms with Crippen molar-refractivity contribution in [2.45, 2.75) is 20.8 Å². The Balaban J connectivity index is 3.53. The van der Waals surface area contributed by atoms with E-state index in [0.717, 1.165) is 10.9 Å². The van der Waals surface area contributed by atoms with Gasteiger partial charge in [0.2, 0.25) is 0 Å². The van der Waals surface area contributed by atoms with Gasteiger partial charge in [0.05, 0.1) is 5.35 Å². The van der Waals surface area contributed by atoms with Gasteiger partial charge in [-0.15, -0.1) is 0 Å². The molecule has 1 rings (SSSR count). The van der Waals surface area contributed by atoms with Crippen LogP contribution in [0, 0.1) is 5.92 Å². The predicted octanol–water partition coefficient (Wildman–Crippen LogP) is 1.87. The molecule has 1 aromatic heterocycles. The van der Waals surface area contributed by atoms with Gasteiger partial charge in [0.25, 0.3) is 0 Å². The van der Waals surface area contributed by atoms with Crippen LogP contribution in [0.3, 0.4) is 0 Å². The number of rotatable bonds is 2. The summed E-state index contributed by atoms with van der Waals surface area (Å²) in [5.74, 6) is 0.538. The van der Waals surface area contributed by atoms with Crippen LogP contribution in [0.2, 0.25) is 0 Å². The SMILES string of the molecule is C=C/C(C)=c1/nccc/c1=C/C(C)C. The van der Waals surface area contributed by atoms with E-state index in [2.05, 4.69) is 37.6 Å². The summed E-state index contributed by atoms with van der Waals surface area (Å²) in [6.45, 7) is 10.1. The lowest BCUT2D eigenvalue weighted by Crippen LogP contribution is -2.29. The van der Waals surface area contributed by atoms with Gasteiger partial charge in [-0.05, 0) is 29.7 Å². The number of hydrogen-bond acceptors (Lipinski definition) is 1. The highest BCUT2D eigenvalue weighted by molar-refractivity contribution is 5.52. The minimum absolute atomic E-state index is 0.538. The van der Waals surface area contributed by atoms with Gasteiger partial charge in [0, 0.05) is 6.20 Å². The molecule has 0 fully saturated rings. The average Bonchev–Trinajstić information content (AvgIpc) is 2.16. The fourth-order valence-corrected chi connectivity index (χ4v) is 1.34. The van der Waals surface area contributed by atoms with E-state index in [-0.39, 0.29) is 0 Å². The van der Waals surface area contributed by atoms with Crippen LogP contribution >= 0.6 is 0 Å². The molecule has 0 saturated heterocycles. The van der Waals surface area contributed by atoms with Crippen LogP contribution in [0.15, 0.2) is 31.0 Å². The second-order valence-electron chi connectivity index (χ2n) is 3.74. The maximum atomic E-state index is 4.36. The smallest absolute Gasteiger partial charge is 0.0727 e. The number of hydrogen-bond donors (Lipinski definition) is 0. The Labute approximate surface area is 85.5 Å². The highest BCUT2D eigenvalue weighted by Gasteiger charge is 1.91. The van der Waals surface area contributed by atoms with E-state index in [1.807, 2.05) is 25.3 Å². The van der Waals surface area contributed by atoms with Crippen LogP contribution in [-0.2, 0) is 0 Å². The molecule has 0 saturated carbocycles. The van der Waals surface area contributed by atoms with Crippen molar-refractivity contribution < 1.29 is 0 Å². The van der Waals surface area contributed by atoms with Gasteiger partial charge in [0.1, 0.15) is 0 Å². The number of nitrogens with zero attached hydrogens (tertiary/aromatic N) is 1. The van der Waals surface area contributed by atoms with Crippen molar-refractivity contribution in [3.63, 3.8) is 0 Å². The number of aromatic nitrogens is 1. The third-order valence-electron chi connectivity index (χ3n) is 2.03. The fourth-order valence-electron chi connectivity index (χ4n) is 1.34. The molecular weight excluding hydrogens is 170 g/mol. The molecule has 0 aliphatic carbocycles. The van der Waals surface area contributed by atoms with Gasteiger partial charge >= 0.3 is 0 Å². The Kier molecular flexibility index (Phi) is 3.63. The molecule has 1 heteroatoms. The first-order valence-electron chi connectivity index (χ1n) is 4.91. The monoisotopic (exact) mass is 187 g/mol. The molecule has 0 amide bonds. The van der Waals surface area contributed by atoms with E-state index >= 15 is 0 Å². The van der Waals surface area contributed by atoms with Crippen LogP contribution in [0.25, 0.3) is 11.6 Å². The first-order chi connectivity index (χ1) is 6.65. The zero-order valence-corrected chi connectivity index (χ0v) is 9.12. The Morgan fingerprint density at radius 2 is 2.21 bits per heavy atom. The first kappa shape index (κ1) is 10.7. The molecule has 0 aliphatic rings. The Bertz CT molecular complexity index is 427. The van der Waals surface area contributed by atoms with Crippen LogP contribution in [-0.4, -0.2) is 4.98 Å². The Morgan fingerprint density at radius 1 is 1.50 bits per heavy atom. The van der Waals surface area contributed by atoms with E-state index in [1.165, 1.54) is 5.22 Å². The quantitative estimate of drug-likeness (QED) is 0.689. The van der Waals surface area contributed by atoms with Gasteiger partial charge in [-0.1, -0.05) is 38.6 Å². The molecule has 0 atom stereocenters. The zero-order valence-electron chi connectivity index (χ0n) is 9.12. The first-order valence-corrected chi connectivity index (χ1v) is 4.91. The summed E-state index contributed by atoms with van der Waals surface area (Å²) in [7, 11) is 0. The summed E-state index contributed by atoms with van der Waals surface area (Å²) in [4.78, 5) is 4.36. The second kappa shape index (κ2) is 4.75. The van der Waals surface area contributed by atoms with Crippen molar-refractivity contribution in [2.75, 3.05) is 0 Å². The Hall–Kier alpha value is -1.37. The molecular formula is C13H17N. The topological polar surface area (TPSA) is 12.9 Å². The second-order valence-corrected chi connectivity index (χ2v) is 3.74. The third-order valence-corrected chi connectivity index (χ3v) is 2.03. The number of allylic oxidation sites excluding steroid dienone is 1. The Morgan fingerprint density at radius 3 is 2.79 bits per heavy atom. The molecule has 0 aliphatic heterocycles. The van der Waals surface area contributed by atoms with E-state index in [4.69, 9.17) is 0 Å². The molecule has 0 bridgehead atoms. The minimum Gasteiger partial charge on any atom is -0.256 e. The summed E-state index contributed by atoms with van der Waals surface area (Å²) in [5, 5.41) is 2.23. The lowest BCUT2D eigenvalue weighted by Gasteiger charge is -1.96. The molecule has 0 spiro atoms.